The third kappa shape index (κ3) is 2.69. The maximum Gasteiger partial charge on any atom is 0.225 e. The van der Waals surface area contributed by atoms with Gasteiger partial charge in [0.05, 0.1) is 11.4 Å². The lowest BCUT2D eigenvalue weighted by Gasteiger charge is -2.18. The topological polar surface area (TPSA) is 49.8 Å². The Morgan fingerprint density at radius 1 is 1.14 bits per heavy atom. The Labute approximate surface area is 128 Å². The van der Waals surface area contributed by atoms with Crippen LogP contribution in [0.5, 0.6) is 0 Å². The van der Waals surface area contributed by atoms with Crippen molar-refractivity contribution in [1.82, 2.24) is 9.97 Å². The molecule has 0 amide bonds. The van der Waals surface area contributed by atoms with Crippen LogP contribution in [0.1, 0.15) is 24.1 Å². The smallest absolute Gasteiger partial charge is 0.225 e. The number of hydrogen-bond acceptors (Lipinski definition) is 5. The Bertz CT molecular complexity index is 766. The Hall–Kier alpha value is -2.14. The highest BCUT2D eigenvalue weighted by Gasteiger charge is 2.13. The lowest BCUT2D eigenvalue weighted by Crippen LogP contribution is -2.10. The van der Waals surface area contributed by atoms with Crippen LogP contribution in [0.15, 0.2) is 35.7 Å². The van der Waals surface area contributed by atoms with Gasteiger partial charge in [-0.25, -0.2) is 4.98 Å². The number of aryl methyl sites for hydroxylation is 1. The van der Waals surface area contributed by atoms with Crippen LogP contribution in [-0.4, -0.2) is 17.0 Å². The average molecular weight is 298 g/mol. The van der Waals surface area contributed by atoms with Crippen molar-refractivity contribution in [2.24, 2.45) is 0 Å². The molecule has 1 unspecified atom stereocenters. The molecule has 108 valence electrons. The first kappa shape index (κ1) is 13.8. The number of thiophene rings is 1. The molecule has 0 saturated carbocycles. The van der Waals surface area contributed by atoms with Gasteiger partial charge in [-0.05, 0) is 36.4 Å². The van der Waals surface area contributed by atoms with Gasteiger partial charge in [0.15, 0.2) is 0 Å². The first-order chi connectivity index (χ1) is 10.2. The van der Waals surface area contributed by atoms with Crippen molar-refractivity contribution in [2.45, 2.75) is 19.9 Å². The van der Waals surface area contributed by atoms with E-state index < -0.39 is 0 Å². The van der Waals surface area contributed by atoms with Crippen molar-refractivity contribution in [3.05, 3.63) is 46.8 Å². The van der Waals surface area contributed by atoms with E-state index in [2.05, 4.69) is 64.8 Å². The molecule has 2 heterocycles. The van der Waals surface area contributed by atoms with E-state index in [9.17, 15) is 0 Å². The van der Waals surface area contributed by atoms with E-state index in [4.69, 9.17) is 0 Å². The molecule has 3 rings (SSSR count). The maximum atomic E-state index is 4.56. The van der Waals surface area contributed by atoms with Crippen molar-refractivity contribution >= 4 is 33.3 Å². The molecule has 0 saturated heterocycles. The molecule has 2 N–H and O–H groups in total. The number of rotatable bonds is 4. The number of nitrogens with zero attached hydrogens (tertiary/aromatic N) is 2. The van der Waals surface area contributed by atoms with Gasteiger partial charge in [0.2, 0.25) is 5.95 Å². The summed E-state index contributed by atoms with van der Waals surface area (Å²) in [6, 6.07) is 10.7. The van der Waals surface area contributed by atoms with E-state index in [0.717, 1.165) is 16.0 Å². The monoisotopic (exact) mass is 298 g/mol. The van der Waals surface area contributed by atoms with E-state index in [0.29, 0.717) is 5.95 Å². The third-order valence-electron chi connectivity index (χ3n) is 3.56. The van der Waals surface area contributed by atoms with E-state index in [1.807, 2.05) is 12.4 Å². The zero-order valence-corrected chi connectivity index (χ0v) is 13.2. The second-order valence-corrected chi connectivity index (χ2v) is 5.90. The van der Waals surface area contributed by atoms with Gasteiger partial charge in [-0.1, -0.05) is 24.3 Å². The molecule has 0 aliphatic rings. The molecule has 0 aliphatic carbocycles. The molecule has 0 aliphatic heterocycles. The van der Waals surface area contributed by atoms with Crippen LogP contribution in [0, 0.1) is 6.92 Å². The van der Waals surface area contributed by atoms with E-state index in [1.54, 1.807) is 11.3 Å². The summed E-state index contributed by atoms with van der Waals surface area (Å²) in [5.41, 5.74) is 2.56. The molecular formula is C16H18N4S. The normalized spacial score (nSPS) is 12.3. The van der Waals surface area contributed by atoms with Crippen molar-refractivity contribution in [2.75, 3.05) is 17.7 Å². The number of benzene rings is 1. The minimum absolute atomic E-state index is 0.189. The van der Waals surface area contributed by atoms with E-state index in [1.165, 1.54) is 11.1 Å². The molecule has 21 heavy (non-hydrogen) atoms. The fourth-order valence-electron chi connectivity index (χ4n) is 2.43. The second-order valence-electron chi connectivity index (χ2n) is 5.01. The zero-order valence-electron chi connectivity index (χ0n) is 12.3. The lowest BCUT2D eigenvalue weighted by molar-refractivity contribution is 0.866. The van der Waals surface area contributed by atoms with Crippen LogP contribution in [0.4, 0.5) is 11.8 Å². The van der Waals surface area contributed by atoms with Crippen LogP contribution in [0.2, 0.25) is 0 Å². The molecule has 5 heteroatoms. The van der Waals surface area contributed by atoms with Crippen LogP contribution >= 0.6 is 11.3 Å². The molecule has 1 atom stereocenters. The molecule has 1 aromatic carbocycles. The lowest BCUT2D eigenvalue weighted by atomic mass is 10.0. The van der Waals surface area contributed by atoms with Crippen molar-refractivity contribution < 1.29 is 0 Å². The zero-order chi connectivity index (χ0) is 14.8. The first-order valence-corrected chi connectivity index (χ1v) is 7.82. The number of nitrogens with one attached hydrogen (secondary N) is 2. The van der Waals surface area contributed by atoms with Gasteiger partial charge < -0.3 is 10.6 Å². The minimum Gasteiger partial charge on any atom is -0.363 e. The molecule has 0 bridgehead atoms. The number of anilines is 2. The summed E-state index contributed by atoms with van der Waals surface area (Å²) in [6.45, 7) is 4.29. The summed E-state index contributed by atoms with van der Waals surface area (Å²) >= 11 is 1.63. The van der Waals surface area contributed by atoms with Crippen molar-refractivity contribution in [3.8, 4) is 0 Å². The fourth-order valence-corrected chi connectivity index (χ4v) is 3.20. The summed E-state index contributed by atoms with van der Waals surface area (Å²) in [5, 5.41) is 9.65. The average Bonchev–Trinajstić information content (AvgIpc) is 2.96. The number of aromatic nitrogens is 2. The summed E-state index contributed by atoms with van der Waals surface area (Å²) in [5.74, 6) is 1.52. The summed E-state index contributed by atoms with van der Waals surface area (Å²) in [4.78, 5) is 10.0. The van der Waals surface area contributed by atoms with Gasteiger partial charge >= 0.3 is 0 Å². The van der Waals surface area contributed by atoms with Crippen LogP contribution in [0.3, 0.4) is 0 Å². The fraction of sp³-hybridized carbons (Fsp3) is 0.250. The summed E-state index contributed by atoms with van der Waals surface area (Å²) in [7, 11) is 1.84. The highest BCUT2D eigenvalue weighted by Crippen LogP contribution is 2.29. The molecule has 4 nitrogen and oxygen atoms in total. The Morgan fingerprint density at radius 3 is 2.71 bits per heavy atom. The molecule has 0 radical (unpaired) electrons. The SMILES string of the molecule is CNc1nc(NC(C)c2ccccc2C)c2ccsc2n1. The van der Waals surface area contributed by atoms with Gasteiger partial charge in [0.25, 0.3) is 0 Å². The predicted molar refractivity (Wildman–Crippen MR) is 90.2 cm³/mol. The van der Waals surface area contributed by atoms with Gasteiger partial charge in [-0.2, -0.15) is 4.98 Å². The summed E-state index contributed by atoms with van der Waals surface area (Å²) in [6.07, 6.45) is 0. The largest absolute Gasteiger partial charge is 0.363 e. The van der Waals surface area contributed by atoms with Crippen molar-refractivity contribution in [1.29, 1.82) is 0 Å². The molecule has 3 aromatic rings. The highest BCUT2D eigenvalue weighted by molar-refractivity contribution is 7.16. The molecule has 0 fully saturated rings. The van der Waals surface area contributed by atoms with Crippen LogP contribution in [-0.2, 0) is 0 Å². The van der Waals surface area contributed by atoms with Gasteiger partial charge in [0, 0.05) is 7.05 Å². The number of hydrogen-bond donors (Lipinski definition) is 2. The highest BCUT2D eigenvalue weighted by atomic mass is 32.1. The van der Waals surface area contributed by atoms with Gasteiger partial charge in [-0.15, -0.1) is 11.3 Å². The first-order valence-electron chi connectivity index (χ1n) is 6.94. The summed E-state index contributed by atoms with van der Waals surface area (Å²) < 4.78 is 0. The Balaban J connectivity index is 1.97. The quantitative estimate of drug-likeness (QED) is 0.757. The number of fused-ring (bicyclic) bond motifs is 1. The molecule has 0 spiro atoms. The van der Waals surface area contributed by atoms with E-state index >= 15 is 0 Å². The van der Waals surface area contributed by atoms with Crippen molar-refractivity contribution in [3.63, 3.8) is 0 Å². The third-order valence-corrected chi connectivity index (χ3v) is 4.36. The van der Waals surface area contributed by atoms with Gasteiger partial charge in [0.1, 0.15) is 10.6 Å². The maximum absolute atomic E-state index is 4.56. The van der Waals surface area contributed by atoms with Gasteiger partial charge in [-0.3, -0.25) is 0 Å². The van der Waals surface area contributed by atoms with E-state index in [-0.39, 0.29) is 6.04 Å². The minimum atomic E-state index is 0.189. The standard InChI is InChI=1S/C16H18N4S/c1-10-6-4-5-7-12(10)11(2)18-14-13-8-9-21-15(13)20-16(17-3)19-14/h4-9,11H,1-3H3,(H2,17,18,19,20). The van der Waals surface area contributed by atoms with Crippen LogP contribution in [0.25, 0.3) is 10.2 Å². The second kappa shape index (κ2) is 5.69. The molecule has 2 aromatic heterocycles. The van der Waals surface area contributed by atoms with Crippen LogP contribution < -0.4 is 10.6 Å². The molecular weight excluding hydrogens is 280 g/mol. The Kier molecular flexibility index (Phi) is 3.75. The Morgan fingerprint density at radius 2 is 1.95 bits per heavy atom. The predicted octanol–water partition coefficient (Wildman–Crippen LogP) is 4.21.